The Hall–Kier alpha value is -0.860. The van der Waals surface area contributed by atoms with Crippen molar-refractivity contribution in [2.24, 2.45) is 0 Å². The van der Waals surface area contributed by atoms with Crippen LogP contribution in [0.3, 0.4) is 0 Å². The Balaban J connectivity index is 1.94. The number of hydrogen-bond donors (Lipinski definition) is 2. The zero-order chi connectivity index (χ0) is 14.6. The molecule has 20 heavy (non-hydrogen) atoms. The Morgan fingerprint density at radius 1 is 1.05 bits per heavy atom. The zero-order valence-corrected chi connectivity index (χ0v) is 13.2. The maximum atomic E-state index is 4.05. The number of allylic oxidation sites excluding steroid dienone is 2. The van der Waals surface area contributed by atoms with Crippen LogP contribution >= 0.6 is 0 Å². The van der Waals surface area contributed by atoms with Gasteiger partial charge in [-0.1, -0.05) is 57.1 Å². The smallest absolute Gasteiger partial charge is 0.0199 e. The molecule has 1 aliphatic carbocycles. The first-order valence-corrected chi connectivity index (χ1v) is 8.20. The number of nitrogens with one attached hydrogen (secondary N) is 2. The molecule has 1 saturated carbocycles. The third-order valence-corrected chi connectivity index (χ3v) is 3.93. The van der Waals surface area contributed by atoms with E-state index in [0.717, 1.165) is 43.2 Å². The summed E-state index contributed by atoms with van der Waals surface area (Å²) in [6, 6.07) is 0.779. The summed E-state index contributed by atoms with van der Waals surface area (Å²) < 4.78 is 0. The third-order valence-electron chi connectivity index (χ3n) is 3.93. The SMILES string of the molecule is C=C(/C=C\C(=C)CNCCCNC1CCCCC1)CC. The van der Waals surface area contributed by atoms with Crippen molar-refractivity contribution in [2.45, 2.75) is 57.9 Å². The van der Waals surface area contributed by atoms with Crippen molar-refractivity contribution in [3.05, 3.63) is 36.5 Å². The van der Waals surface area contributed by atoms with Crippen molar-refractivity contribution in [1.29, 1.82) is 0 Å². The van der Waals surface area contributed by atoms with Crippen LogP contribution in [0.25, 0.3) is 0 Å². The van der Waals surface area contributed by atoms with E-state index in [1.165, 1.54) is 38.5 Å². The summed E-state index contributed by atoms with van der Waals surface area (Å²) in [7, 11) is 0. The Labute approximate surface area is 125 Å². The molecule has 1 fully saturated rings. The van der Waals surface area contributed by atoms with Crippen LogP contribution in [0.4, 0.5) is 0 Å². The van der Waals surface area contributed by atoms with Gasteiger partial charge in [-0.15, -0.1) is 0 Å². The van der Waals surface area contributed by atoms with Gasteiger partial charge in [-0.2, -0.15) is 0 Å². The first-order valence-electron chi connectivity index (χ1n) is 8.20. The molecule has 0 unspecified atom stereocenters. The van der Waals surface area contributed by atoms with Crippen molar-refractivity contribution in [3.8, 4) is 0 Å². The lowest BCUT2D eigenvalue weighted by atomic mass is 9.95. The van der Waals surface area contributed by atoms with Crippen molar-refractivity contribution < 1.29 is 0 Å². The molecule has 2 heteroatoms. The fourth-order valence-electron chi connectivity index (χ4n) is 2.49. The summed E-state index contributed by atoms with van der Waals surface area (Å²) in [5.41, 5.74) is 2.28. The van der Waals surface area contributed by atoms with Gasteiger partial charge in [0.2, 0.25) is 0 Å². The van der Waals surface area contributed by atoms with Gasteiger partial charge in [-0.3, -0.25) is 0 Å². The van der Waals surface area contributed by atoms with Crippen LogP contribution in [0.5, 0.6) is 0 Å². The van der Waals surface area contributed by atoms with Crippen LogP contribution in [-0.2, 0) is 0 Å². The first kappa shape index (κ1) is 17.2. The minimum absolute atomic E-state index is 0.779. The Morgan fingerprint density at radius 3 is 2.45 bits per heavy atom. The normalized spacial score (nSPS) is 16.6. The summed E-state index contributed by atoms with van der Waals surface area (Å²) in [6.07, 6.45) is 13.3. The topological polar surface area (TPSA) is 24.1 Å². The molecular weight excluding hydrogens is 244 g/mol. The predicted molar refractivity (Wildman–Crippen MR) is 90.1 cm³/mol. The average molecular weight is 276 g/mol. The molecule has 0 aliphatic heterocycles. The van der Waals surface area contributed by atoms with E-state index in [4.69, 9.17) is 0 Å². The van der Waals surface area contributed by atoms with Gasteiger partial charge in [0, 0.05) is 12.6 Å². The largest absolute Gasteiger partial charge is 0.314 e. The van der Waals surface area contributed by atoms with E-state index < -0.39 is 0 Å². The Kier molecular flexibility index (Phi) is 9.35. The number of rotatable bonds is 10. The summed E-state index contributed by atoms with van der Waals surface area (Å²) in [5.74, 6) is 0. The second-order valence-corrected chi connectivity index (χ2v) is 5.82. The molecule has 114 valence electrons. The molecule has 1 rings (SSSR count). The molecule has 1 aliphatic rings. The Morgan fingerprint density at radius 2 is 1.75 bits per heavy atom. The van der Waals surface area contributed by atoms with Crippen molar-refractivity contribution in [1.82, 2.24) is 10.6 Å². The van der Waals surface area contributed by atoms with Crippen molar-refractivity contribution in [3.63, 3.8) is 0 Å². The monoisotopic (exact) mass is 276 g/mol. The van der Waals surface area contributed by atoms with Gasteiger partial charge < -0.3 is 10.6 Å². The molecule has 0 aromatic carbocycles. The lowest BCUT2D eigenvalue weighted by Gasteiger charge is -2.22. The summed E-state index contributed by atoms with van der Waals surface area (Å²) in [6.45, 7) is 13.2. The number of hydrogen-bond acceptors (Lipinski definition) is 2. The van der Waals surface area contributed by atoms with Crippen LogP contribution in [-0.4, -0.2) is 25.7 Å². The van der Waals surface area contributed by atoms with Crippen molar-refractivity contribution in [2.75, 3.05) is 19.6 Å². The lowest BCUT2D eigenvalue weighted by Crippen LogP contribution is -2.33. The van der Waals surface area contributed by atoms with Gasteiger partial charge in [0.05, 0.1) is 0 Å². The highest BCUT2D eigenvalue weighted by molar-refractivity contribution is 5.24. The molecule has 0 atom stereocenters. The third kappa shape index (κ3) is 8.34. The average Bonchev–Trinajstić information content (AvgIpc) is 2.49. The van der Waals surface area contributed by atoms with Gasteiger partial charge in [0.15, 0.2) is 0 Å². The van der Waals surface area contributed by atoms with Crippen LogP contribution in [0.15, 0.2) is 36.5 Å². The molecule has 0 aromatic heterocycles. The van der Waals surface area contributed by atoms with Crippen LogP contribution in [0, 0.1) is 0 Å². The molecule has 0 heterocycles. The molecule has 2 nitrogen and oxygen atoms in total. The second kappa shape index (κ2) is 10.9. The summed E-state index contributed by atoms with van der Waals surface area (Å²) in [4.78, 5) is 0. The minimum Gasteiger partial charge on any atom is -0.314 e. The van der Waals surface area contributed by atoms with Crippen LogP contribution in [0.1, 0.15) is 51.9 Å². The van der Waals surface area contributed by atoms with E-state index in [0.29, 0.717) is 0 Å². The first-order chi connectivity index (χ1) is 9.72. The predicted octanol–water partition coefficient (Wildman–Crippen LogP) is 3.97. The molecule has 0 radical (unpaired) electrons. The highest BCUT2D eigenvalue weighted by Crippen LogP contribution is 2.17. The van der Waals surface area contributed by atoms with Gasteiger partial charge in [-0.25, -0.2) is 0 Å². The van der Waals surface area contributed by atoms with Gasteiger partial charge >= 0.3 is 0 Å². The van der Waals surface area contributed by atoms with E-state index >= 15 is 0 Å². The molecule has 0 amide bonds. The standard InChI is InChI=1S/C18H32N2/c1-4-16(2)11-12-17(3)15-19-13-8-14-20-18-9-6-5-7-10-18/h11-12,18-20H,2-10,13-15H2,1H3/b12-11-. The van der Waals surface area contributed by atoms with E-state index in [1.54, 1.807) is 0 Å². The highest BCUT2D eigenvalue weighted by atomic mass is 14.9. The van der Waals surface area contributed by atoms with E-state index in [9.17, 15) is 0 Å². The maximum Gasteiger partial charge on any atom is 0.0199 e. The Bertz CT molecular complexity index is 311. The summed E-state index contributed by atoms with van der Waals surface area (Å²) in [5, 5.41) is 7.11. The maximum absolute atomic E-state index is 4.05. The van der Waals surface area contributed by atoms with E-state index in [-0.39, 0.29) is 0 Å². The van der Waals surface area contributed by atoms with Gasteiger partial charge in [0.25, 0.3) is 0 Å². The molecular formula is C18H32N2. The van der Waals surface area contributed by atoms with Crippen LogP contribution in [0.2, 0.25) is 0 Å². The fraction of sp³-hybridized carbons (Fsp3) is 0.667. The van der Waals surface area contributed by atoms with Crippen molar-refractivity contribution >= 4 is 0 Å². The van der Waals surface area contributed by atoms with Gasteiger partial charge in [-0.05, 0) is 44.3 Å². The quantitative estimate of drug-likeness (QED) is 0.466. The van der Waals surface area contributed by atoms with Gasteiger partial charge in [0.1, 0.15) is 0 Å². The fourth-order valence-corrected chi connectivity index (χ4v) is 2.49. The van der Waals surface area contributed by atoms with Crippen LogP contribution < -0.4 is 10.6 Å². The minimum atomic E-state index is 0.779. The lowest BCUT2D eigenvalue weighted by molar-refractivity contribution is 0.371. The molecule has 2 N–H and O–H groups in total. The molecule has 0 bridgehead atoms. The summed E-state index contributed by atoms with van der Waals surface area (Å²) >= 11 is 0. The van der Waals surface area contributed by atoms with E-state index in [1.807, 2.05) is 0 Å². The molecule has 0 aromatic rings. The van der Waals surface area contributed by atoms with E-state index in [2.05, 4.69) is 42.9 Å². The second-order valence-electron chi connectivity index (χ2n) is 5.82. The molecule has 0 spiro atoms. The molecule has 0 saturated heterocycles. The highest BCUT2D eigenvalue weighted by Gasteiger charge is 2.11. The zero-order valence-electron chi connectivity index (χ0n) is 13.2.